The molecule has 1 aromatic rings. The number of hydrogen-bond donors (Lipinski definition) is 2. The van der Waals surface area contributed by atoms with Crippen molar-refractivity contribution in [1.82, 2.24) is 14.5 Å². The number of sulfonamides is 1. The molecule has 82 valence electrons. The number of aromatic nitrogens is 2. The molecule has 0 radical (unpaired) electrons. The molecule has 15 heavy (non-hydrogen) atoms. The van der Waals surface area contributed by atoms with Gasteiger partial charge in [-0.05, 0) is 0 Å². The third kappa shape index (κ3) is 3.97. The number of nitriles is 1. The SMILES string of the molecule is N#CCS(=O)(=O)NCCn1cc(N)cn1. The second-order valence-corrected chi connectivity index (χ2v) is 4.66. The molecule has 0 atom stereocenters. The fourth-order valence-electron chi connectivity index (χ4n) is 0.954. The summed E-state index contributed by atoms with van der Waals surface area (Å²) in [5.74, 6) is -0.533. The molecule has 0 saturated heterocycles. The van der Waals surface area contributed by atoms with Crippen LogP contribution in [0.1, 0.15) is 0 Å². The van der Waals surface area contributed by atoms with E-state index in [0.717, 1.165) is 0 Å². The number of nitrogen functional groups attached to an aromatic ring is 1. The highest BCUT2D eigenvalue weighted by Crippen LogP contribution is 1.96. The van der Waals surface area contributed by atoms with E-state index >= 15 is 0 Å². The first kappa shape index (κ1) is 11.5. The van der Waals surface area contributed by atoms with Crippen LogP contribution in [0.4, 0.5) is 5.69 Å². The summed E-state index contributed by atoms with van der Waals surface area (Å²) in [6.07, 6.45) is 3.07. The lowest BCUT2D eigenvalue weighted by Crippen LogP contribution is -2.29. The van der Waals surface area contributed by atoms with Crippen LogP contribution in [0.5, 0.6) is 0 Å². The lowest BCUT2D eigenvalue weighted by atomic mass is 10.6. The standard InChI is InChI=1S/C7H11N5O2S/c8-1-4-15(13,14)11-2-3-12-6-7(9)5-10-12/h5-6,11H,2-4,9H2. The summed E-state index contributed by atoms with van der Waals surface area (Å²) in [6, 6.07) is 1.57. The van der Waals surface area contributed by atoms with Gasteiger partial charge >= 0.3 is 0 Å². The first-order valence-electron chi connectivity index (χ1n) is 4.16. The Balaban J connectivity index is 2.37. The van der Waals surface area contributed by atoms with Crippen LogP contribution in [0.3, 0.4) is 0 Å². The summed E-state index contributed by atoms with van der Waals surface area (Å²) in [7, 11) is -3.48. The van der Waals surface area contributed by atoms with Gasteiger partial charge in [0.05, 0.1) is 24.5 Å². The van der Waals surface area contributed by atoms with E-state index in [2.05, 4.69) is 9.82 Å². The van der Waals surface area contributed by atoms with E-state index < -0.39 is 15.8 Å². The van der Waals surface area contributed by atoms with Gasteiger partial charge in [-0.1, -0.05) is 0 Å². The molecule has 0 unspecified atom stereocenters. The van der Waals surface area contributed by atoms with E-state index in [-0.39, 0.29) is 6.54 Å². The molecule has 7 nitrogen and oxygen atoms in total. The Hall–Kier alpha value is -1.59. The van der Waals surface area contributed by atoms with Gasteiger partial charge in [0.2, 0.25) is 10.0 Å². The largest absolute Gasteiger partial charge is 0.396 e. The topological polar surface area (TPSA) is 114 Å². The van der Waals surface area contributed by atoms with Crippen LogP contribution in [0.2, 0.25) is 0 Å². The predicted octanol–water partition coefficient (Wildman–Crippen LogP) is -1.09. The molecule has 0 bridgehead atoms. The second kappa shape index (κ2) is 4.77. The predicted molar refractivity (Wildman–Crippen MR) is 54.0 cm³/mol. The van der Waals surface area contributed by atoms with E-state index in [1.54, 1.807) is 12.3 Å². The third-order valence-corrected chi connectivity index (χ3v) is 2.72. The second-order valence-electron chi connectivity index (χ2n) is 2.85. The number of nitrogens with one attached hydrogen (secondary N) is 1. The highest BCUT2D eigenvalue weighted by Gasteiger charge is 2.07. The van der Waals surface area contributed by atoms with Crippen molar-refractivity contribution in [2.45, 2.75) is 6.54 Å². The normalized spacial score (nSPS) is 11.1. The van der Waals surface area contributed by atoms with Crippen LogP contribution in [-0.2, 0) is 16.6 Å². The number of anilines is 1. The average molecular weight is 229 g/mol. The van der Waals surface area contributed by atoms with Crippen LogP contribution in [0, 0.1) is 11.3 Å². The molecule has 0 spiro atoms. The van der Waals surface area contributed by atoms with E-state index in [9.17, 15) is 8.42 Å². The van der Waals surface area contributed by atoms with Crippen LogP contribution >= 0.6 is 0 Å². The first-order chi connectivity index (χ1) is 7.03. The number of nitrogens with zero attached hydrogens (tertiary/aromatic N) is 3. The molecular formula is C7H11N5O2S. The summed E-state index contributed by atoms with van der Waals surface area (Å²) >= 11 is 0. The average Bonchev–Trinajstić information content (AvgIpc) is 2.51. The van der Waals surface area contributed by atoms with Crippen LogP contribution in [0.25, 0.3) is 0 Å². The van der Waals surface area contributed by atoms with E-state index in [4.69, 9.17) is 11.0 Å². The third-order valence-electron chi connectivity index (χ3n) is 1.57. The molecule has 1 heterocycles. The number of nitrogens with two attached hydrogens (primary N) is 1. The molecule has 0 aliphatic carbocycles. The van der Waals surface area contributed by atoms with Crippen molar-refractivity contribution in [1.29, 1.82) is 5.26 Å². The van der Waals surface area contributed by atoms with Crippen LogP contribution in [0.15, 0.2) is 12.4 Å². The lowest BCUT2D eigenvalue weighted by molar-refractivity contribution is 0.563. The summed E-state index contributed by atoms with van der Waals surface area (Å²) in [5.41, 5.74) is 5.94. The molecule has 0 amide bonds. The zero-order valence-corrected chi connectivity index (χ0v) is 8.74. The molecule has 0 saturated carbocycles. The van der Waals surface area contributed by atoms with Crippen LogP contribution in [-0.4, -0.2) is 30.5 Å². The molecule has 0 fully saturated rings. The Bertz CT molecular complexity index is 458. The Morgan fingerprint density at radius 1 is 1.67 bits per heavy atom. The molecule has 3 N–H and O–H groups in total. The maximum absolute atomic E-state index is 11.0. The number of hydrogen-bond acceptors (Lipinski definition) is 5. The van der Waals surface area contributed by atoms with Crippen molar-refractivity contribution in [2.75, 3.05) is 18.0 Å². The highest BCUT2D eigenvalue weighted by molar-refractivity contribution is 7.89. The van der Waals surface area contributed by atoms with E-state index in [1.807, 2.05) is 0 Å². The highest BCUT2D eigenvalue weighted by atomic mass is 32.2. The summed E-state index contributed by atoms with van der Waals surface area (Å²) in [4.78, 5) is 0. The zero-order chi connectivity index (χ0) is 11.3. The maximum Gasteiger partial charge on any atom is 0.225 e. The smallest absolute Gasteiger partial charge is 0.225 e. The van der Waals surface area contributed by atoms with Crippen LogP contribution < -0.4 is 10.5 Å². The molecule has 0 aliphatic rings. The molecule has 1 rings (SSSR count). The summed E-state index contributed by atoms with van der Waals surface area (Å²) in [5, 5.41) is 12.1. The fourth-order valence-corrected chi connectivity index (χ4v) is 1.63. The van der Waals surface area contributed by atoms with Gasteiger partial charge in [0.1, 0.15) is 0 Å². The Morgan fingerprint density at radius 2 is 2.40 bits per heavy atom. The van der Waals surface area contributed by atoms with E-state index in [1.165, 1.54) is 10.9 Å². The minimum absolute atomic E-state index is 0.186. The van der Waals surface area contributed by atoms with Gasteiger partial charge in [-0.2, -0.15) is 10.4 Å². The quantitative estimate of drug-likeness (QED) is 0.665. The Kier molecular flexibility index (Phi) is 3.65. The number of rotatable bonds is 5. The summed E-state index contributed by atoms with van der Waals surface area (Å²) < 4.78 is 25.9. The van der Waals surface area contributed by atoms with Crippen molar-refractivity contribution in [3.8, 4) is 6.07 Å². The first-order valence-corrected chi connectivity index (χ1v) is 5.81. The van der Waals surface area contributed by atoms with Gasteiger partial charge in [0.25, 0.3) is 0 Å². The minimum Gasteiger partial charge on any atom is -0.396 e. The molecule has 8 heteroatoms. The molecule has 1 aromatic heterocycles. The molecule has 0 aliphatic heterocycles. The Labute approximate surface area is 87.5 Å². The van der Waals surface area contributed by atoms with Gasteiger partial charge in [-0.3, -0.25) is 4.68 Å². The van der Waals surface area contributed by atoms with Crippen molar-refractivity contribution in [3.05, 3.63) is 12.4 Å². The zero-order valence-electron chi connectivity index (χ0n) is 7.92. The van der Waals surface area contributed by atoms with Gasteiger partial charge in [-0.25, -0.2) is 13.1 Å². The fraction of sp³-hybridized carbons (Fsp3) is 0.429. The van der Waals surface area contributed by atoms with Gasteiger partial charge in [0, 0.05) is 12.7 Å². The van der Waals surface area contributed by atoms with Gasteiger partial charge in [0.15, 0.2) is 5.75 Å². The molecule has 0 aromatic carbocycles. The van der Waals surface area contributed by atoms with E-state index in [0.29, 0.717) is 12.2 Å². The molecular weight excluding hydrogens is 218 g/mol. The van der Waals surface area contributed by atoms with Gasteiger partial charge < -0.3 is 5.73 Å². The van der Waals surface area contributed by atoms with Crippen molar-refractivity contribution < 1.29 is 8.42 Å². The summed E-state index contributed by atoms with van der Waals surface area (Å²) in [6.45, 7) is 0.562. The van der Waals surface area contributed by atoms with Crippen molar-refractivity contribution in [3.63, 3.8) is 0 Å². The van der Waals surface area contributed by atoms with Gasteiger partial charge in [-0.15, -0.1) is 0 Å². The maximum atomic E-state index is 11.0. The van der Waals surface area contributed by atoms with Crippen molar-refractivity contribution in [2.24, 2.45) is 0 Å². The minimum atomic E-state index is -3.48. The lowest BCUT2D eigenvalue weighted by Gasteiger charge is -2.03. The Morgan fingerprint density at radius 3 is 2.93 bits per heavy atom. The van der Waals surface area contributed by atoms with Crippen molar-refractivity contribution >= 4 is 15.7 Å². The monoisotopic (exact) mass is 229 g/mol.